The van der Waals surface area contributed by atoms with E-state index < -0.39 is 0 Å². The van der Waals surface area contributed by atoms with Crippen LogP contribution in [0.3, 0.4) is 0 Å². The number of ether oxygens (including phenoxy) is 1. The fourth-order valence-electron chi connectivity index (χ4n) is 1.94. The van der Waals surface area contributed by atoms with Gasteiger partial charge >= 0.3 is 6.09 Å². The molecule has 1 aromatic carbocycles. The first kappa shape index (κ1) is 14.7. The number of amides is 1. The Morgan fingerprint density at radius 3 is 2.60 bits per heavy atom. The van der Waals surface area contributed by atoms with Crippen LogP contribution in [0.4, 0.5) is 10.5 Å². The van der Waals surface area contributed by atoms with Crippen LogP contribution in [0.25, 0.3) is 0 Å². The second kappa shape index (κ2) is 7.14. The maximum absolute atomic E-state index is 11.6. The lowest BCUT2D eigenvalue weighted by molar-refractivity contribution is 0.107. The standard InChI is InChI=1S/C14H18ClN3O2/c1-2-20-14(19)18-9-7-13(8-10-18)17-16-12-5-3-11(15)4-6-12/h3-6,16H,2,7-10H2,1H3. The minimum absolute atomic E-state index is 0.239. The number of anilines is 1. The lowest BCUT2D eigenvalue weighted by Gasteiger charge is -2.26. The smallest absolute Gasteiger partial charge is 0.409 e. The van der Waals surface area contributed by atoms with Gasteiger partial charge in [-0.3, -0.25) is 5.43 Å². The van der Waals surface area contributed by atoms with E-state index >= 15 is 0 Å². The highest BCUT2D eigenvalue weighted by Gasteiger charge is 2.20. The average molecular weight is 296 g/mol. The summed E-state index contributed by atoms with van der Waals surface area (Å²) in [5, 5.41) is 5.07. The van der Waals surface area contributed by atoms with Crippen molar-refractivity contribution in [2.75, 3.05) is 25.1 Å². The molecule has 5 nitrogen and oxygen atoms in total. The van der Waals surface area contributed by atoms with Gasteiger partial charge in [0.25, 0.3) is 0 Å². The molecule has 0 saturated carbocycles. The molecule has 108 valence electrons. The molecule has 1 fully saturated rings. The molecule has 1 aromatic rings. The van der Waals surface area contributed by atoms with Gasteiger partial charge in [0.05, 0.1) is 12.3 Å². The highest BCUT2D eigenvalue weighted by Crippen LogP contribution is 2.14. The first-order chi connectivity index (χ1) is 9.69. The van der Waals surface area contributed by atoms with E-state index in [0.717, 1.165) is 24.2 Å². The molecule has 1 heterocycles. The van der Waals surface area contributed by atoms with Crippen molar-refractivity contribution in [3.05, 3.63) is 29.3 Å². The molecule has 0 aromatic heterocycles. The third-order valence-electron chi connectivity index (χ3n) is 3.05. The summed E-state index contributed by atoms with van der Waals surface area (Å²) in [7, 11) is 0. The van der Waals surface area contributed by atoms with E-state index in [1.165, 1.54) is 0 Å². The summed E-state index contributed by atoms with van der Waals surface area (Å²) in [5.41, 5.74) is 4.96. The number of hydrogen-bond donors (Lipinski definition) is 1. The van der Waals surface area contributed by atoms with Crippen LogP contribution in [-0.4, -0.2) is 36.4 Å². The fraction of sp³-hybridized carbons (Fsp3) is 0.429. The number of carbonyl (C=O) groups excluding carboxylic acids is 1. The van der Waals surface area contributed by atoms with Crippen LogP contribution in [-0.2, 0) is 4.74 Å². The maximum atomic E-state index is 11.6. The number of halogens is 1. The molecule has 0 atom stereocenters. The molecule has 0 unspecified atom stereocenters. The van der Waals surface area contributed by atoms with Crippen LogP contribution in [0, 0.1) is 0 Å². The number of likely N-dealkylation sites (tertiary alicyclic amines) is 1. The Morgan fingerprint density at radius 1 is 1.35 bits per heavy atom. The maximum Gasteiger partial charge on any atom is 0.409 e. The molecule has 1 N–H and O–H groups in total. The molecule has 0 spiro atoms. The van der Waals surface area contributed by atoms with Gasteiger partial charge in [0.15, 0.2) is 0 Å². The third-order valence-corrected chi connectivity index (χ3v) is 3.31. The third kappa shape index (κ3) is 4.13. The van der Waals surface area contributed by atoms with Crippen LogP contribution in [0.15, 0.2) is 29.4 Å². The number of nitrogens with one attached hydrogen (secondary N) is 1. The van der Waals surface area contributed by atoms with Crippen molar-refractivity contribution >= 4 is 29.1 Å². The van der Waals surface area contributed by atoms with E-state index in [-0.39, 0.29) is 6.09 Å². The molecule has 2 rings (SSSR count). The van der Waals surface area contributed by atoms with E-state index in [2.05, 4.69) is 10.5 Å². The summed E-state index contributed by atoms with van der Waals surface area (Å²) in [6.07, 6.45) is 1.29. The summed E-state index contributed by atoms with van der Waals surface area (Å²) in [6.45, 7) is 3.53. The fourth-order valence-corrected chi connectivity index (χ4v) is 2.07. The molecule has 0 bridgehead atoms. The van der Waals surface area contributed by atoms with Crippen molar-refractivity contribution in [1.29, 1.82) is 0 Å². The monoisotopic (exact) mass is 295 g/mol. The van der Waals surface area contributed by atoms with Gasteiger partial charge in [-0.2, -0.15) is 5.10 Å². The Morgan fingerprint density at radius 2 is 2.00 bits per heavy atom. The molecular weight excluding hydrogens is 278 g/mol. The highest BCUT2D eigenvalue weighted by molar-refractivity contribution is 6.30. The average Bonchev–Trinajstić information content (AvgIpc) is 2.47. The lowest BCUT2D eigenvalue weighted by Crippen LogP contribution is -2.39. The predicted molar refractivity (Wildman–Crippen MR) is 80.3 cm³/mol. The Hall–Kier alpha value is -1.75. The normalized spacial score (nSPS) is 14.9. The minimum atomic E-state index is -0.239. The Balaban J connectivity index is 1.82. The largest absolute Gasteiger partial charge is 0.450 e. The Labute approximate surface area is 123 Å². The Bertz CT molecular complexity index is 478. The summed E-state index contributed by atoms with van der Waals surface area (Å²) in [6, 6.07) is 7.38. The number of piperidine rings is 1. The van der Waals surface area contributed by atoms with Gasteiger partial charge in [-0.05, 0) is 31.2 Å². The van der Waals surface area contributed by atoms with Gasteiger partial charge in [0, 0.05) is 36.7 Å². The lowest BCUT2D eigenvalue weighted by atomic mass is 10.1. The van der Waals surface area contributed by atoms with Crippen molar-refractivity contribution in [3.8, 4) is 0 Å². The minimum Gasteiger partial charge on any atom is -0.450 e. The van der Waals surface area contributed by atoms with E-state index in [0.29, 0.717) is 24.7 Å². The molecule has 0 aliphatic carbocycles. The Kier molecular flexibility index (Phi) is 5.24. The second-order valence-electron chi connectivity index (χ2n) is 4.48. The summed E-state index contributed by atoms with van der Waals surface area (Å²) in [4.78, 5) is 13.3. The zero-order valence-corrected chi connectivity index (χ0v) is 12.2. The topological polar surface area (TPSA) is 53.9 Å². The van der Waals surface area contributed by atoms with Gasteiger partial charge in [-0.25, -0.2) is 4.79 Å². The van der Waals surface area contributed by atoms with Gasteiger partial charge in [-0.1, -0.05) is 11.6 Å². The molecule has 6 heteroatoms. The number of nitrogens with zero attached hydrogens (tertiary/aromatic N) is 2. The first-order valence-electron chi connectivity index (χ1n) is 6.67. The van der Waals surface area contributed by atoms with Crippen molar-refractivity contribution in [2.24, 2.45) is 5.10 Å². The van der Waals surface area contributed by atoms with Gasteiger partial charge in [-0.15, -0.1) is 0 Å². The number of benzene rings is 1. The summed E-state index contributed by atoms with van der Waals surface area (Å²) >= 11 is 5.82. The second-order valence-corrected chi connectivity index (χ2v) is 4.92. The number of hydrazone groups is 1. The first-order valence-corrected chi connectivity index (χ1v) is 7.05. The molecule has 1 saturated heterocycles. The van der Waals surface area contributed by atoms with Gasteiger partial charge in [0.2, 0.25) is 0 Å². The summed E-state index contributed by atoms with van der Waals surface area (Å²) < 4.78 is 4.98. The predicted octanol–water partition coefficient (Wildman–Crippen LogP) is 3.36. The zero-order valence-electron chi connectivity index (χ0n) is 11.4. The van der Waals surface area contributed by atoms with E-state index in [1.54, 1.807) is 4.90 Å². The molecule has 1 aliphatic rings. The molecule has 1 aliphatic heterocycles. The van der Waals surface area contributed by atoms with Crippen LogP contribution < -0.4 is 5.43 Å². The van der Waals surface area contributed by atoms with E-state index in [4.69, 9.17) is 16.3 Å². The summed E-state index contributed by atoms with van der Waals surface area (Å²) in [5.74, 6) is 0. The van der Waals surface area contributed by atoms with Crippen molar-refractivity contribution in [1.82, 2.24) is 4.90 Å². The molecule has 1 amide bonds. The molecular formula is C14H18ClN3O2. The molecule has 20 heavy (non-hydrogen) atoms. The van der Waals surface area contributed by atoms with Crippen LogP contribution in [0.1, 0.15) is 19.8 Å². The van der Waals surface area contributed by atoms with Crippen LogP contribution in [0.5, 0.6) is 0 Å². The zero-order chi connectivity index (χ0) is 14.4. The number of hydrogen-bond acceptors (Lipinski definition) is 4. The molecule has 0 radical (unpaired) electrons. The van der Waals surface area contributed by atoms with Crippen molar-refractivity contribution in [2.45, 2.75) is 19.8 Å². The van der Waals surface area contributed by atoms with Crippen LogP contribution in [0.2, 0.25) is 5.02 Å². The number of carbonyl (C=O) groups is 1. The van der Waals surface area contributed by atoms with Gasteiger partial charge in [0.1, 0.15) is 0 Å². The highest BCUT2D eigenvalue weighted by atomic mass is 35.5. The van der Waals surface area contributed by atoms with Crippen molar-refractivity contribution in [3.63, 3.8) is 0 Å². The van der Waals surface area contributed by atoms with Crippen molar-refractivity contribution < 1.29 is 9.53 Å². The van der Waals surface area contributed by atoms with E-state index in [1.807, 2.05) is 31.2 Å². The van der Waals surface area contributed by atoms with Gasteiger partial charge < -0.3 is 9.64 Å². The van der Waals surface area contributed by atoms with E-state index in [9.17, 15) is 4.79 Å². The number of rotatable bonds is 3. The van der Waals surface area contributed by atoms with Crippen LogP contribution >= 0.6 is 11.6 Å². The quantitative estimate of drug-likeness (QED) is 0.870. The SMILES string of the molecule is CCOC(=O)N1CCC(=NNc2ccc(Cl)cc2)CC1.